The number of hydrogen-bond acceptors (Lipinski definition) is 5. The van der Waals surface area contributed by atoms with Crippen LogP contribution in [-0.4, -0.2) is 39.4 Å². The van der Waals surface area contributed by atoms with Crippen molar-refractivity contribution in [2.75, 3.05) is 24.6 Å². The van der Waals surface area contributed by atoms with Gasteiger partial charge in [0.25, 0.3) is 0 Å². The maximum absolute atomic E-state index is 14.5. The summed E-state index contributed by atoms with van der Waals surface area (Å²) in [6, 6.07) is 0. The average Bonchev–Trinajstić information content (AvgIpc) is 2.95. The van der Waals surface area contributed by atoms with Crippen LogP contribution in [0.5, 0.6) is 0 Å². The first-order valence-corrected chi connectivity index (χ1v) is 7.41. The van der Waals surface area contributed by atoms with Crippen LogP contribution in [0.2, 0.25) is 0 Å². The van der Waals surface area contributed by atoms with E-state index in [0.717, 1.165) is 5.56 Å². The van der Waals surface area contributed by atoms with E-state index in [0.29, 0.717) is 37.6 Å². The van der Waals surface area contributed by atoms with Gasteiger partial charge in [0.15, 0.2) is 11.6 Å². The fourth-order valence-electron chi connectivity index (χ4n) is 2.78. The van der Waals surface area contributed by atoms with Crippen LogP contribution in [0.1, 0.15) is 25.1 Å². The van der Waals surface area contributed by atoms with Gasteiger partial charge in [-0.05, 0) is 13.3 Å². The smallest absolute Gasteiger partial charge is 0.187 e. The van der Waals surface area contributed by atoms with Crippen molar-refractivity contribution in [3.05, 3.63) is 35.8 Å². The monoisotopic (exact) mass is 305 g/mol. The number of morpholine rings is 1. The van der Waals surface area contributed by atoms with E-state index < -0.39 is 5.60 Å². The van der Waals surface area contributed by atoms with Crippen molar-refractivity contribution in [3.8, 4) is 0 Å². The van der Waals surface area contributed by atoms with Crippen molar-refractivity contribution in [1.82, 2.24) is 19.7 Å². The fraction of sp³-hybridized carbons (Fsp3) is 0.533. The third-order valence-corrected chi connectivity index (χ3v) is 4.07. The normalized spacial score (nSPS) is 22.1. The molecule has 0 aliphatic carbocycles. The first kappa shape index (κ1) is 14.9. The quantitative estimate of drug-likeness (QED) is 0.863. The topological polar surface area (TPSA) is 56.1 Å². The summed E-state index contributed by atoms with van der Waals surface area (Å²) < 4.78 is 22.2. The molecule has 1 aliphatic rings. The molecule has 0 N–H and O–H groups in total. The fourth-order valence-corrected chi connectivity index (χ4v) is 2.78. The number of halogens is 1. The number of rotatable bonds is 3. The van der Waals surface area contributed by atoms with Crippen LogP contribution < -0.4 is 4.90 Å². The standard InChI is InChI=1S/C15H20FN5O/c1-4-12-13(16)14(18-10-17-12)21-5-6-22-15(2,9-21)11-7-19-20(3)8-11/h7-8,10H,4-6,9H2,1-3H3. The molecule has 2 aromatic rings. The summed E-state index contributed by atoms with van der Waals surface area (Å²) in [5.74, 6) is 0.0192. The highest BCUT2D eigenvalue weighted by atomic mass is 19.1. The average molecular weight is 305 g/mol. The maximum Gasteiger partial charge on any atom is 0.187 e. The van der Waals surface area contributed by atoms with Gasteiger partial charge in [0.1, 0.15) is 11.9 Å². The van der Waals surface area contributed by atoms with Crippen LogP contribution in [0, 0.1) is 5.82 Å². The summed E-state index contributed by atoms with van der Waals surface area (Å²) in [4.78, 5) is 10.1. The molecule has 1 fully saturated rings. The first-order valence-electron chi connectivity index (χ1n) is 7.41. The summed E-state index contributed by atoms with van der Waals surface area (Å²) in [6.07, 6.45) is 5.69. The second-order valence-electron chi connectivity index (χ2n) is 5.72. The van der Waals surface area contributed by atoms with E-state index in [1.807, 2.05) is 32.0 Å². The highest BCUT2D eigenvalue weighted by Gasteiger charge is 2.36. The number of hydrogen-bond donors (Lipinski definition) is 0. The predicted molar refractivity (Wildman–Crippen MR) is 80.1 cm³/mol. The Labute approximate surface area is 128 Å². The molecule has 22 heavy (non-hydrogen) atoms. The second kappa shape index (κ2) is 5.64. The summed E-state index contributed by atoms with van der Waals surface area (Å²) in [6.45, 7) is 5.52. The van der Waals surface area contributed by atoms with Gasteiger partial charge < -0.3 is 9.64 Å². The SMILES string of the molecule is CCc1ncnc(N2CCOC(C)(c3cnn(C)c3)C2)c1F. The van der Waals surface area contributed by atoms with Gasteiger partial charge in [0.05, 0.1) is 25.0 Å². The van der Waals surface area contributed by atoms with Crippen LogP contribution in [0.4, 0.5) is 10.2 Å². The number of aromatic nitrogens is 4. The lowest BCUT2D eigenvalue weighted by Gasteiger charge is -2.40. The van der Waals surface area contributed by atoms with Gasteiger partial charge in [-0.25, -0.2) is 14.4 Å². The first-order chi connectivity index (χ1) is 10.5. The molecule has 1 unspecified atom stereocenters. The molecule has 1 aliphatic heterocycles. The Morgan fingerprint density at radius 2 is 2.23 bits per heavy atom. The summed E-state index contributed by atoms with van der Waals surface area (Å²) >= 11 is 0. The molecular formula is C15H20FN5O. The van der Waals surface area contributed by atoms with Crippen LogP contribution in [0.15, 0.2) is 18.7 Å². The predicted octanol–water partition coefficient (Wildman–Crippen LogP) is 1.66. The largest absolute Gasteiger partial charge is 0.367 e. The third-order valence-electron chi connectivity index (χ3n) is 4.07. The molecule has 0 bridgehead atoms. The lowest BCUT2D eigenvalue weighted by molar-refractivity contribution is -0.0470. The lowest BCUT2D eigenvalue weighted by atomic mass is 9.97. The van der Waals surface area contributed by atoms with Gasteiger partial charge in [-0.15, -0.1) is 0 Å². The van der Waals surface area contributed by atoms with Gasteiger partial charge in [0, 0.05) is 25.4 Å². The number of aryl methyl sites for hydroxylation is 2. The van der Waals surface area contributed by atoms with Crippen LogP contribution in [-0.2, 0) is 23.8 Å². The van der Waals surface area contributed by atoms with Crippen molar-refractivity contribution >= 4 is 5.82 Å². The van der Waals surface area contributed by atoms with Crippen LogP contribution >= 0.6 is 0 Å². The minimum absolute atomic E-state index is 0.333. The number of anilines is 1. The van der Waals surface area contributed by atoms with Crippen molar-refractivity contribution in [1.29, 1.82) is 0 Å². The van der Waals surface area contributed by atoms with E-state index in [9.17, 15) is 4.39 Å². The van der Waals surface area contributed by atoms with E-state index in [2.05, 4.69) is 15.1 Å². The molecule has 6 nitrogen and oxygen atoms in total. The maximum atomic E-state index is 14.5. The Balaban J connectivity index is 1.90. The Kier molecular flexibility index (Phi) is 3.82. The molecule has 2 aromatic heterocycles. The molecule has 0 saturated carbocycles. The van der Waals surface area contributed by atoms with E-state index in [4.69, 9.17) is 4.74 Å². The van der Waals surface area contributed by atoms with Crippen molar-refractivity contribution in [2.45, 2.75) is 25.9 Å². The molecule has 0 spiro atoms. The minimum atomic E-state index is -0.531. The van der Waals surface area contributed by atoms with Crippen molar-refractivity contribution in [2.24, 2.45) is 7.05 Å². The van der Waals surface area contributed by atoms with Gasteiger partial charge in [-0.2, -0.15) is 5.10 Å². The minimum Gasteiger partial charge on any atom is -0.367 e. The summed E-state index contributed by atoms with van der Waals surface area (Å²) in [5, 5.41) is 4.20. The zero-order valence-electron chi connectivity index (χ0n) is 13.1. The van der Waals surface area contributed by atoms with E-state index in [1.165, 1.54) is 6.33 Å². The molecule has 7 heteroatoms. The second-order valence-corrected chi connectivity index (χ2v) is 5.72. The Bertz CT molecular complexity index is 674. The summed E-state index contributed by atoms with van der Waals surface area (Å²) in [5.41, 5.74) is 0.889. The Morgan fingerprint density at radius 1 is 1.41 bits per heavy atom. The Hall–Kier alpha value is -2.02. The summed E-state index contributed by atoms with van der Waals surface area (Å²) in [7, 11) is 1.87. The highest BCUT2D eigenvalue weighted by molar-refractivity contribution is 5.43. The van der Waals surface area contributed by atoms with E-state index in [-0.39, 0.29) is 5.82 Å². The van der Waals surface area contributed by atoms with E-state index in [1.54, 1.807) is 10.9 Å². The molecular weight excluding hydrogens is 285 g/mol. The van der Waals surface area contributed by atoms with Crippen LogP contribution in [0.25, 0.3) is 0 Å². The van der Waals surface area contributed by atoms with E-state index >= 15 is 0 Å². The van der Waals surface area contributed by atoms with Crippen molar-refractivity contribution in [3.63, 3.8) is 0 Å². The number of nitrogens with zero attached hydrogens (tertiary/aromatic N) is 5. The molecule has 3 heterocycles. The van der Waals surface area contributed by atoms with Crippen molar-refractivity contribution < 1.29 is 9.13 Å². The van der Waals surface area contributed by atoms with Gasteiger partial charge in [-0.1, -0.05) is 6.92 Å². The molecule has 1 atom stereocenters. The molecule has 3 rings (SSSR count). The molecule has 0 radical (unpaired) electrons. The Morgan fingerprint density at radius 3 is 2.91 bits per heavy atom. The lowest BCUT2D eigenvalue weighted by Crippen LogP contribution is -2.49. The molecule has 118 valence electrons. The zero-order chi connectivity index (χ0) is 15.7. The highest BCUT2D eigenvalue weighted by Crippen LogP contribution is 2.32. The van der Waals surface area contributed by atoms with Gasteiger partial charge in [0.2, 0.25) is 0 Å². The van der Waals surface area contributed by atoms with Gasteiger partial charge in [-0.3, -0.25) is 4.68 Å². The van der Waals surface area contributed by atoms with Gasteiger partial charge >= 0.3 is 0 Å². The number of ether oxygens (including phenoxy) is 1. The molecule has 0 aromatic carbocycles. The third kappa shape index (κ3) is 2.56. The molecule has 0 amide bonds. The zero-order valence-corrected chi connectivity index (χ0v) is 13.1. The molecule has 1 saturated heterocycles. The van der Waals surface area contributed by atoms with Crippen LogP contribution in [0.3, 0.4) is 0 Å².